The molecule has 2 rings (SSSR count). The topological polar surface area (TPSA) is 107 Å². The molecular formula is C18H20N4O3. The zero-order chi connectivity index (χ0) is 18.4. The van der Waals surface area contributed by atoms with Crippen LogP contribution in [0.1, 0.15) is 52.1 Å². The molecule has 2 aromatic rings. The Kier molecular flexibility index (Phi) is 5.79. The number of aromatic amines is 1. The number of H-pyrrole nitrogens is 1. The molecule has 7 heteroatoms. The highest BCUT2D eigenvalue weighted by Crippen LogP contribution is 2.27. The van der Waals surface area contributed by atoms with Gasteiger partial charge >= 0.3 is 0 Å². The van der Waals surface area contributed by atoms with E-state index in [0.29, 0.717) is 12.1 Å². The van der Waals surface area contributed by atoms with Crippen molar-refractivity contribution >= 4 is 11.8 Å². The van der Waals surface area contributed by atoms with E-state index in [-0.39, 0.29) is 29.0 Å². The van der Waals surface area contributed by atoms with E-state index >= 15 is 0 Å². The smallest absolute Gasteiger partial charge is 0.271 e. The molecule has 1 heterocycles. The fraction of sp³-hybridized carbons (Fsp3) is 0.278. The van der Waals surface area contributed by atoms with Crippen molar-refractivity contribution in [1.29, 1.82) is 5.26 Å². The van der Waals surface area contributed by atoms with Gasteiger partial charge in [-0.1, -0.05) is 12.1 Å². The number of benzene rings is 1. The summed E-state index contributed by atoms with van der Waals surface area (Å²) in [7, 11) is 1.50. The molecule has 25 heavy (non-hydrogen) atoms. The van der Waals surface area contributed by atoms with Crippen molar-refractivity contribution in [2.45, 2.75) is 20.0 Å². The van der Waals surface area contributed by atoms with Gasteiger partial charge in [-0.2, -0.15) is 5.26 Å². The van der Waals surface area contributed by atoms with E-state index in [1.54, 1.807) is 18.2 Å². The van der Waals surface area contributed by atoms with E-state index in [9.17, 15) is 9.59 Å². The number of nitrogens with zero attached hydrogens (tertiary/aromatic N) is 1. The van der Waals surface area contributed by atoms with Gasteiger partial charge in [0.05, 0.1) is 11.6 Å². The van der Waals surface area contributed by atoms with Gasteiger partial charge in [0.15, 0.2) is 5.75 Å². The number of nitriles is 1. The summed E-state index contributed by atoms with van der Waals surface area (Å²) in [6.45, 7) is 4.09. The van der Waals surface area contributed by atoms with Crippen LogP contribution in [0.4, 0.5) is 0 Å². The molecule has 0 aliphatic heterocycles. The van der Waals surface area contributed by atoms with Gasteiger partial charge < -0.3 is 20.4 Å². The van der Waals surface area contributed by atoms with Crippen LogP contribution in [0.2, 0.25) is 0 Å². The number of amides is 2. The first-order chi connectivity index (χ1) is 12.0. The van der Waals surface area contributed by atoms with Crippen molar-refractivity contribution in [3.63, 3.8) is 0 Å². The first kappa shape index (κ1) is 18.1. The van der Waals surface area contributed by atoms with Crippen LogP contribution in [0.15, 0.2) is 30.3 Å². The molecule has 7 nitrogen and oxygen atoms in total. The van der Waals surface area contributed by atoms with Crippen molar-refractivity contribution in [1.82, 2.24) is 15.6 Å². The molecule has 1 atom stereocenters. The normalized spacial score (nSPS) is 11.3. The number of carbonyl (C=O) groups is 2. The lowest BCUT2D eigenvalue weighted by molar-refractivity contribution is 0.0951. The molecule has 0 saturated carbocycles. The number of hydrogen-bond donors (Lipinski definition) is 3. The molecule has 1 aromatic heterocycles. The van der Waals surface area contributed by atoms with E-state index in [2.05, 4.69) is 21.7 Å². The number of nitrogens with one attached hydrogen (secondary N) is 3. The summed E-state index contributed by atoms with van der Waals surface area (Å²) < 4.78 is 5.88. The third-order valence-corrected chi connectivity index (χ3v) is 3.61. The summed E-state index contributed by atoms with van der Waals surface area (Å²) in [6.07, 6.45) is -0.408. The van der Waals surface area contributed by atoms with Gasteiger partial charge in [0.25, 0.3) is 11.8 Å². The third kappa shape index (κ3) is 4.18. The van der Waals surface area contributed by atoms with Crippen molar-refractivity contribution in [3.8, 4) is 11.8 Å². The average molecular weight is 340 g/mol. The lowest BCUT2D eigenvalue weighted by Crippen LogP contribution is -2.23. The fourth-order valence-electron chi connectivity index (χ4n) is 2.32. The van der Waals surface area contributed by atoms with Crippen LogP contribution >= 0.6 is 0 Å². The van der Waals surface area contributed by atoms with Crippen molar-refractivity contribution in [2.75, 3.05) is 13.6 Å². The summed E-state index contributed by atoms with van der Waals surface area (Å²) in [5.41, 5.74) is 1.74. The Balaban J connectivity index is 2.31. The first-order valence-corrected chi connectivity index (χ1v) is 7.90. The highest BCUT2D eigenvalue weighted by Gasteiger charge is 2.21. The molecule has 2 amide bonds. The molecule has 0 fully saturated rings. The molecule has 130 valence electrons. The van der Waals surface area contributed by atoms with Crippen LogP contribution in [-0.2, 0) is 0 Å². The number of aromatic nitrogens is 1. The van der Waals surface area contributed by atoms with Crippen LogP contribution in [0.3, 0.4) is 0 Å². The molecule has 0 aliphatic carbocycles. The maximum Gasteiger partial charge on any atom is 0.271 e. The average Bonchev–Trinajstić information content (AvgIpc) is 3.05. The third-order valence-electron chi connectivity index (χ3n) is 3.61. The van der Waals surface area contributed by atoms with Crippen LogP contribution in [-0.4, -0.2) is 30.4 Å². The molecule has 3 N–H and O–H groups in total. The van der Waals surface area contributed by atoms with E-state index < -0.39 is 6.10 Å². The Morgan fingerprint density at radius 2 is 2.08 bits per heavy atom. The lowest BCUT2D eigenvalue weighted by Gasteiger charge is -2.15. The van der Waals surface area contributed by atoms with Gasteiger partial charge in [-0.15, -0.1) is 0 Å². The molecule has 0 radical (unpaired) electrons. The molecule has 1 aromatic carbocycles. The zero-order valence-corrected chi connectivity index (χ0v) is 14.3. The Morgan fingerprint density at radius 1 is 1.32 bits per heavy atom. The minimum Gasteiger partial charge on any atom is -0.484 e. The summed E-state index contributed by atoms with van der Waals surface area (Å²) in [4.78, 5) is 26.8. The maximum atomic E-state index is 12.0. The number of carbonyl (C=O) groups excluding carboxylic acids is 2. The Labute approximate surface area is 146 Å². The van der Waals surface area contributed by atoms with E-state index in [1.807, 2.05) is 19.9 Å². The van der Waals surface area contributed by atoms with Crippen LogP contribution in [0.5, 0.6) is 5.75 Å². The fourth-order valence-corrected chi connectivity index (χ4v) is 2.32. The van der Waals surface area contributed by atoms with Gasteiger partial charge in [0, 0.05) is 19.7 Å². The van der Waals surface area contributed by atoms with Crippen molar-refractivity contribution in [3.05, 3.63) is 52.8 Å². The lowest BCUT2D eigenvalue weighted by atomic mass is 10.1. The molecule has 0 saturated heterocycles. The first-order valence-electron chi connectivity index (χ1n) is 7.90. The minimum absolute atomic E-state index is 0.173. The Morgan fingerprint density at radius 3 is 2.72 bits per heavy atom. The summed E-state index contributed by atoms with van der Waals surface area (Å²) >= 11 is 0. The van der Waals surface area contributed by atoms with Crippen molar-refractivity contribution in [2.24, 2.45) is 0 Å². The number of rotatable bonds is 6. The highest BCUT2D eigenvalue weighted by molar-refractivity contribution is 5.99. The predicted octanol–water partition coefficient (Wildman–Crippen LogP) is 2.14. The minimum atomic E-state index is -0.408. The van der Waals surface area contributed by atoms with Gasteiger partial charge in [0.1, 0.15) is 17.5 Å². The quantitative estimate of drug-likeness (QED) is 0.749. The van der Waals surface area contributed by atoms with E-state index in [1.165, 1.54) is 13.1 Å². The highest BCUT2D eigenvalue weighted by atomic mass is 16.5. The van der Waals surface area contributed by atoms with Crippen LogP contribution < -0.4 is 15.4 Å². The molecule has 0 unspecified atom stereocenters. The monoisotopic (exact) mass is 340 g/mol. The standard InChI is InChI=1S/C18H20N4O3/c1-4-21-17(23)14-9-15(16(22-14)18(24)20-3)25-11(2)13-7-5-6-12(8-13)10-19/h5-9,11,22H,4H2,1-3H3,(H,20,24)(H,21,23)/t11-/m1/s1. The second-order valence-corrected chi connectivity index (χ2v) is 5.36. The van der Waals surface area contributed by atoms with E-state index in [4.69, 9.17) is 10.00 Å². The van der Waals surface area contributed by atoms with Crippen LogP contribution in [0.25, 0.3) is 0 Å². The molecular weight excluding hydrogens is 320 g/mol. The largest absolute Gasteiger partial charge is 0.484 e. The molecule has 0 spiro atoms. The van der Waals surface area contributed by atoms with Gasteiger partial charge in [-0.3, -0.25) is 9.59 Å². The number of ether oxygens (including phenoxy) is 1. The van der Waals surface area contributed by atoms with Gasteiger partial charge in [0.2, 0.25) is 0 Å². The van der Waals surface area contributed by atoms with E-state index in [0.717, 1.165) is 5.56 Å². The summed E-state index contributed by atoms with van der Waals surface area (Å²) in [6, 6.07) is 10.6. The second kappa shape index (κ2) is 8.02. The SMILES string of the molecule is CCNC(=O)c1cc(O[C@H](C)c2cccc(C#N)c2)c(C(=O)NC)[nH]1. The molecule has 0 aliphatic rings. The number of hydrogen-bond acceptors (Lipinski definition) is 4. The summed E-state index contributed by atoms with van der Waals surface area (Å²) in [5, 5.41) is 14.2. The Hall–Kier alpha value is -3.27. The second-order valence-electron chi connectivity index (χ2n) is 5.36. The van der Waals surface area contributed by atoms with Crippen LogP contribution in [0, 0.1) is 11.3 Å². The van der Waals surface area contributed by atoms with Crippen molar-refractivity contribution < 1.29 is 14.3 Å². The Bertz CT molecular complexity index is 820. The van der Waals surface area contributed by atoms with Gasteiger partial charge in [-0.25, -0.2) is 0 Å². The maximum absolute atomic E-state index is 12.0. The predicted molar refractivity (Wildman–Crippen MR) is 92.4 cm³/mol. The molecule has 0 bridgehead atoms. The van der Waals surface area contributed by atoms with Gasteiger partial charge in [-0.05, 0) is 31.5 Å². The zero-order valence-electron chi connectivity index (χ0n) is 14.3. The summed E-state index contributed by atoms with van der Waals surface area (Å²) in [5.74, 6) is -0.430.